The Labute approximate surface area is 206 Å². The van der Waals surface area contributed by atoms with Gasteiger partial charge in [0.1, 0.15) is 11.6 Å². The van der Waals surface area contributed by atoms with Crippen molar-refractivity contribution < 1.29 is 8.78 Å². The van der Waals surface area contributed by atoms with Crippen molar-refractivity contribution in [2.75, 3.05) is 0 Å². The second kappa shape index (κ2) is 12.3. The highest BCUT2D eigenvalue weighted by Crippen LogP contribution is 2.44. The van der Waals surface area contributed by atoms with Crippen LogP contribution in [0.25, 0.3) is 0 Å². The Balaban J connectivity index is 1.17. The largest absolute Gasteiger partial charge is 0.207 e. The number of benzene rings is 2. The van der Waals surface area contributed by atoms with Crippen LogP contribution in [-0.2, 0) is 12.8 Å². The molecule has 0 amide bonds. The normalized spacial score (nSPS) is 26.4. The van der Waals surface area contributed by atoms with Crippen LogP contribution < -0.4 is 0 Å². The van der Waals surface area contributed by atoms with Crippen molar-refractivity contribution in [2.24, 2.45) is 23.7 Å². The number of hydrogen-bond acceptors (Lipinski definition) is 0. The van der Waals surface area contributed by atoms with Crippen molar-refractivity contribution >= 4 is 0 Å². The number of aryl methyl sites for hydroxylation is 1. The Hall–Kier alpha value is -1.70. The first-order valence-electron chi connectivity index (χ1n) is 14.0. The summed E-state index contributed by atoms with van der Waals surface area (Å²) in [5.41, 5.74) is 2.58. The van der Waals surface area contributed by atoms with Crippen LogP contribution in [-0.4, -0.2) is 0 Å². The standard InChI is InChI=1S/C32H44F2/c1-3-7-30-31(33)21-26(22-32(30)34)11-10-24-12-16-28(17-13-24)29-18-14-25(15-19-29)20-23(2)27-8-5-4-6-9-27/h4-6,8-9,21-25,28-29H,3,7,10-20H2,1-2H3/t23-,24?,25?,28?,29?/m1/s1. The lowest BCUT2D eigenvalue weighted by Gasteiger charge is -2.38. The second-order valence-corrected chi connectivity index (χ2v) is 11.4. The van der Waals surface area contributed by atoms with E-state index in [1.165, 1.54) is 63.4 Å². The lowest BCUT2D eigenvalue weighted by molar-refractivity contribution is 0.139. The average molecular weight is 467 g/mol. The third kappa shape index (κ3) is 6.70. The Morgan fingerprint density at radius 1 is 0.765 bits per heavy atom. The maximum atomic E-state index is 14.3. The summed E-state index contributed by atoms with van der Waals surface area (Å²) in [7, 11) is 0. The fraction of sp³-hybridized carbons (Fsp3) is 0.625. The molecule has 2 aromatic carbocycles. The van der Waals surface area contributed by atoms with Crippen LogP contribution >= 0.6 is 0 Å². The van der Waals surface area contributed by atoms with E-state index in [-0.39, 0.29) is 17.2 Å². The van der Waals surface area contributed by atoms with E-state index in [1.54, 1.807) is 12.1 Å². The quantitative estimate of drug-likeness (QED) is 0.345. The summed E-state index contributed by atoms with van der Waals surface area (Å²) >= 11 is 0. The van der Waals surface area contributed by atoms with Gasteiger partial charge in [-0.25, -0.2) is 8.78 Å². The first-order chi connectivity index (χ1) is 16.5. The van der Waals surface area contributed by atoms with E-state index in [2.05, 4.69) is 37.3 Å². The van der Waals surface area contributed by atoms with E-state index in [9.17, 15) is 8.78 Å². The van der Waals surface area contributed by atoms with E-state index in [1.807, 2.05) is 6.92 Å². The molecule has 0 aromatic heterocycles. The van der Waals surface area contributed by atoms with Gasteiger partial charge in [-0.05, 0) is 104 Å². The van der Waals surface area contributed by atoms with Crippen LogP contribution in [0.2, 0.25) is 0 Å². The summed E-state index contributed by atoms with van der Waals surface area (Å²) in [6.45, 7) is 4.35. The fourth-order valence-electron chi connectivity index (χ4n) is 6.92. The van der Waals surface area contributed by atoms with Gasteiger partial charge in [-0.3, -0.25) is 0 Å². The summed E-state index contributed by atoms with van der Waals surface area (Å²) in [6.07, 6.45) is 15.4. The molecular weight excluding hydrogens is 422 g/mol. The van der Waals surface area contributed by atoms with Crippen LogP contribution in [0.15, 0.2) is 42.5 Å². The third-order valence-electron chi connectivity index (χ3n) is 9.05. The molecule has 2 aliphatic rings. The van der Waals surface area contributed by atoms with Crippen molar-refractivity contribution in [1.29, 1.82) is 0 Å². The molecule has 2 aromatic rings. The highest BCUT2D eigenvalue weighted by atomic mass is 19.1. The lowest BCUT2D eigenvalue weighted by Crippen LogP contribution is -2.26. The Morgan fingerprint density at radius 3 is 1.88 bits per heavy atom. The molecule has 0 unspecified atom stereocenters. The molecule has 0 radical (unpaired) electrons. The van der Waals surface area contributed by atoms with E-state index < -0.39 is 0 Å². The van der Waals surface area contributed by atoms with Crippen LogP contribution in [0.5, 0.6) is 0 Å². The molecular formula is C32H44F2. The molecule has 0 spiro atoms. The molecule has 34 heavy (non-hydrogen) atoms. The van der Waals surface area contributed by atoms with Gasteiger partial charge in [0.05, 0.1) is 0 Å². The van der Waals surface area contributed by atoms with Crippen molar-refractivity contribution in [3.8, 4) is 0 Å². The van der Waals surface area contributed by atoms with Gasteiger partial charge in [0, 0.05) is 5.56 Å². The summed E-state index contributed by atoms with van der Waals surface area (Å²) in [5.74, 6) is 3.42. The predicted molar refractivity (Wildman–Crippen MR) is 139 cm³/mol. The predicted octanol–water partition coefficient (Wildman–Crippen LogP) is 9.66. The van der Waals surface area contributed by atoms with Crippen molar-refractivity contribution in [2.45, 2.75) is 103 Å². The minimum atomic E-state index is -0.352. The topological polar surface area (TPSA) is 0 Å². The summed E-state index contributed by atoms with van der Waals surface area (Å²) < 4.78 is 28.5. The van der Waals surface area contributed by atoms with Gasteiger partial charge in [-0.1, -0.05) is 76.3 Å². The van der Waals surface area contributed by atoms with E-state index in [0.29, 0.717) is 12.3 Å². The monoisotopic (exact) mass is 466 g/mol. The summed E-state index contributed by atoms with van der Waals surface area (Å²) in [5, 5.41) is 0. The van der Waals surface area contributed by atoms with Crippen molar-refractivity contribution in [1.82, 2.24) is 0 Å². The molecule has 186 valence electrons. The average Bonchev–Trinajstić information content (AvgIpc) is 2.86. The van der Waals surface area contributed by atoms with E-state index >= 15 is 0 Å². The van der Waals surface area contributed by atoms with Crippen LogP contribution in [0.4, 0.5) is 8.78 Å². The summed E-state index contributed by atoms with van der Waals surface area (Å²) in [6, 6.07) is 14.2. The number of hydrogen-bond donors (Lipinski definition) is 0. The molecule has 2 aliphatic carbocycles. The SMILES string of the molecule is CCCc1c(F)cc(CCC2CCC(C3CCC(C[C@@H](C)c4ccccc4)CC3)CC2)cc1F. The van der Waals surface area contributed by atoms with Crippen LogP contribution in [0, 0.1) is 35.3 Å². The zero-order valence-electron chi connectivity index (χ0n) is 21.4. The molecule has 2 heteroatoms. The minimum absolute atomic E-state index is 0.260. The maximum Gasteiger partial charge on any atom is 0.129 e. The van der Waals surface area contributed by atoms with Crippen molar-refractivity contribution in [3.63, 3.8) is 0 Å². The lowest BCUT2D eigenvalue weighted by atomic mass is 9.67. The van der Waals surface area contributed by atoms with Gasteiger partial charge in [-0.15, -0.1) is 0 Å². The maximum absolute atomic E-state index is 14.3. The van der Waals surface area contributed by atoms with Crippen LogP contribution in [0.3, 0.4) is 0 Å². The molecule has 0 saturated heterocycles. The number of halogens is 2. The molecule has 0 aliphatic heterocycles. The first kappa shape index (κ1) is 25.4. The Kier molecular flexibility index (Phi) is 9.20. The third-order valence-corrected chi connectivity index (χ3v) is 9.05. The second-order valence-electron chi connectivity index (χ2n) is 11.4. The minimum Gasteiger partial charge on any atom is -0.207 e. The highest BCUT2D eigenvalue weighted by molar-refractivity contribution is 5.26. The van der Waals surface area contributed by atoms with Gasteiger partial charge in [0.25, 0.3) is 0 Å². The smallest absolute Gasteiger partial charge is 0.129 e. The summed E-state index contributed by atoms with van der Waals surface area (Å²) in [4.78, 5) is 0. The Morgan fingerprint density at radius 2 is 1.32 bits per heavy atom. The van der Waals surface area contributed by atoms with Gasteiger partial charge >= 0.3 is 0 Å². The molecule has 0 heterocycles. The Bertz CT molecular complexity index is 850. The highest BCUT2D eigenvalue weighted by Gasteiger charge is 2.31. The van der Waals surface area contributed by atoms with Gasteiger partial charge in [0.2, 0.25) is 0 Å². The molecule has 1 atom stereocenters. The zero-order valence-corrected chi connectivity index (χ0v) is 21.4. The van der Waals surface area contributed by atoms with Crippen molar-refractivity contribution in [3.05, 3.63) is 70.8 Å². The molecule has 2 saturated carbocycles. The fourth-order valence-corrected chi connectivity index (χ4v) is 6.92. The van der Waals surface area contributed by atoms with E-state index in [0.717, 1.165) is 48.5 Å². The molecule has 0 N–H and O–H groups in total. The van der Waals surface area contributed by atoms with E-state index in [4.69, 9.17) is 0 Å². The molecule has 0 bridgehead atoms. The number of rotatable bonds is 9. The molecule has 0 nitrogen and oxygen atoms in total. The van der Waals surface area contributed by atoms with Gasteiger partial charge in [0.15, 0.2) is 0 Å². The molecule has 2 fully saturated rings. The van der Waals surface area contributed by atoms with Crippen LogP contribution in [0.1, 0.15) is 107 Å². The molecule has 4 rings (SSSR count). The first-order valence-corrected chi connectivity index (χ1v) is 14.0. The van der Waals surface area contributed by atoms with Gasteiger partial charge < -0.3 is 0 Å². The zero-order chi connectivity index (χ0) is 23.9. The van der Waals surface area contributed by atoms with Gasteiger partial charge in [-0.2, -0.15) is 0 Å².